The number of piperidine rings is 1. The van der Waals surface area contributed by atoms with Crippen LogP contribution in [-0.2, 0) is 4.79 Å². The van der Waals surface area contributed by atoms with E-state index < -0.39 is 6.61 Å². The second-order valence-corrected chi connectivity index (χ2v) is 5.76. The van der Waals surface area contributed by atoms with Gasteiger partial charge >= 0.3 is 6.61 Å². The summed E-state index contributed by atoms with van der Waals surface area (Å²) in [6, 6.07) is 5.92. The van der Waals surface area contributed by atoms with Crippen LogP contribution in [0.25, 0.3) is 0 Å². The predicted octanol–water partition coefficient (Wildman–Crippen LogP) is 3.35. The molecule has 0 unspecified atom stereocenters. The summed E-state index contributed by atoms with van der Waals surface area (Å²) >= 11 is 0. The van der Waals surface area contributed by atoms with Crippen molar-refractivity contribution in [1.82, 2.24) is 4.90 Å². The molecule has 1 N–H and O–H groups in total. The molecule has 1 saturated heterocycles. The molecule has 0 spiro atoms. The van der Waals surface area contributed by atoms with Crippen LogP contribution in [0, 0.1) is 5.92 Å². The predicted molar refractivity (Wildman–Crippen MR) is 81.1 cm³/mol. The van der Waals surface area contributed by atoms with Gasteiger partial charge in [0, 0.05) is 0 Å². The molecule has 1 aromatic carbocycles. The monoisotopic (exact) mass is 312 g/mol. The van der Waals surface area contributed by atoms with Gasteiger partial charge in [0.25, 0.3) is 0 Å². The molecule has 0 bridgehead atoms. The number of anilines is 1. The molecule has 122 valence electrons. The van der Waals surface area contributed by atoms with Gasteiger partial charge in [-0.15, -0.1) is 0 Å². The van der Waals surface area contributed by atoms with Crippen LogP contribution >= 0.6 is 0 Å². The fourth-order valence-corrected chi connectivity index (χ4v) is 2.59. The van der Waals surface area contributed by atoms with Crippen molar-refractivity contribution in [2.24, 2.45) is 5.92 Å². The molecule has 1 heterocycles. The maximum Gasteiger partial charge on any atom is 0.387 e. The molecule has 1 aliphatic rings. The summed E-state index contributed by atoms with van der Waals surface area (Å²) in [6.45, 7) is 2.89. The molecule has 0 radical (unpaired) electrons. The Morgan fingerprint density at radius 3 is 2.59 bits per heavy atom. The van der Waals surface area contributed by atoms with Gasteiger partial charge in [0.15, 0.2) is 0 Å². The van der Waals surface area contributed by atoms with E-state index in [4.69, 9.17) is 0 Å². The molecule has 0 saturated carbocycles. The zero-order chi connectivity index (χ0) is 16.1. The average Bonchev–Trinajstić information content (AvgIpc) is 2.48. The average molecular weight is 312 g/mol. The number of benzene rings is 1. The number of nitrogens with zero attached hydrogens (tertiary/aromatic N) is 1. The Balaban J connectivity index is 1.99. The third-order valence-corrected chi connectivity index (χ3v) is 4.11. The lowest BCUT2D eigenvalue weighted by molar-refractivity contribution is -0.121. The summed E-state index contributed by atoms with van der Waals surface area (Å²) < 4.78 is 29.2. The van der Waals surface area contributed by atoms with Crippen LogP contribution < -0.4 is 10.1 Å². The largest absolute Gasteiger partial charge is 0.433 e. The van der Waals surface area contributed by atoms with E-state index in [1.165, 1.54) is 6.07 Å². The van der Waals surface area contributed by atoms with E-state index in [2.05, 4.69) is 21.9 Å². The van der Waals surface area contributed by atoms with Gasteiger partial charge < -0.3 is 10.1 Å². The first-order valence-corrected chi connectivity index (χ1v) is 7.56. The maximum atomic E-state index is 12.4. The van der Waals surface area contributed by atoms with Crippen molar-refractivity contribution in [3.8, 4) is 5.75 Å². The van der Waals surface area contributed by atoms with Crippen molar-refractivity contribution in [2.75, 3.05) is 18.4 Å². The number of alkyl halides is 2. The third-order valence-electron chi connectivity index (χ3n) is 4.11. The lowest BCUT2D eigenvalue weighted by Crippen LogP contribution is -2.45. The molecule has 1 aromatic rings. The molecule has 1 aliphatic heterocycles. The molecule has 1 amide bonds. The lowest BCUT2D eigenvalue weighted by Gasteiger charge is -2.34. The SMILES string of the molecule is CC1CCN([C@H](C)C(=O)Nc2ccccc2OC(F)F)CC1. The van der Waals surface area contributed by atoms with Crippen molar-refractivity contribution in [1.29, 1.82) is 0 Å². The number of amides is 1. The topological polar surface area (TPSA) is 41.6 Å². The standard InChI is InChI=1S/C16H22F2N2O2/c1-11-7-9-20(10-8-11)12(2)15(21)19-13-5-3-4-6-14(13)22-16(17)18/h3-6,11-12,16H,7-10H2,1-2H3,(H,19,21)/t12-/m1/s1. The van der Waals surface area contributed by atoms with E-state index in [1.54, 1.807) is 18.2 Å². The smallest absolute Gasteiger partial charge is 0.387 e. The van der Waals surface area contributed by atoms with Crippen molar-refractivity contribution in [3.63, 3.8) is 0 Å². The van der Waals surface area contributed by atoms with Gasteiger partial charge in [0.1, 0.15) is 5.75 Å². The highest BCUT2D eigenvalue weighted by Crippen LogP contribution is 2.26. The Kier molecular flexibility index (Phi) is 5.71. The number of nitrogens with one attached hydrogen (secondary N) is 1. The molecule has 2 rings (SSSR count). The van der Waals surface area contributed by atoms with Crippen LogP contribution in [0.1, 0.15) is 26.7 Å². The quantitative estimate of drug-likeness (QED) is 0.906. The van der Waals surface area contributed by atoms with E-state index in [-0.39, 0.29) is 23.4 Å². The van der Waals surface area contributed by atoms with E-state index in [1.807, 2.05) is 6.92 Å². The summed E-state index contributed by atoms with van der Waals surface area (Å²) in [4.78, 5) is 14.5. The number of rotatable bonds is 5. The second-order valence-electron chi connectivity index (χ2n) is 5.76. The molecule has 6 heteroatoms. The normalized spacial score (nSPS) is 18.2. The van der Waals surface area contributed by atoms with Gasteiger partial charge in [-0.05, 0) is 50.9 Å². The minimum atomic E-state index is -2.92. The minimum Gasteiger partial charge on any atom is -0.433 e. The number of carbonyl (C=O) groups is 1. The summed E-state index contributed by atoms with van der Waals surface area (Å²) in [5.41, 5.74) is 0.269. The first kappa shape index (κ1) is 16.7. The molecular weight excluding hydrogens is 290 g/mol. The van der Waals surface area contributed by atoms with Crippen LogP contribution in [-0.4, -0.2) is 36.5 Å². The number of para-hydroxylation sites is 2. The number of hydrogen-bond acceptors (Lipinski definition) is 3. The number of ether oxygens (including phenoxy) is 1. The fourth-order valence-electron chi connectivity index (χ4n) is 2.59. The first-order chi connectivity index (χ1) is 10.5. The van der Waals surface area contributed by atoms with Gasteiger partial charge in [-0.2, -0.15) is 8.78 Å². The lowest BCUT2D eigenvalue weighted by atomic mass is 9.98. The number of hydrogen-bond donors (Lipinski definition) is 1. The van der Waals surface area contributed by atoms with Crippen molar-refractivity contribution >= 4 is 11.6 Å². The minimum absolute atomic E-state index is 0.0229. The molecule has 0 aromatic heterocycles. The molecule has 1 atom stereocenters. The van der Waals surface area contributed by atoms with Gasteiger partial charge in [-0.3, -0.25) is 9.69 Å². The second kappa shape index (κ2) is 7.54. The van der Waals surface area contributed by atoms with E-state index in [0.29, 0.717) is 5.92 Å². The van der Waals surface area contributed by atoms with Gasteiger partial charge in [0.05, 0.1) is 11.7 Å². The maximum absolute atomic E-state index is 12.4. The zero-order valence-electron chi connectivity index (χ0n) is 12.9. The van der Waals surface area contributed by atoms with Crippen LogP contribution in [0.4, 0.5) is 14.5 Å². The Bertz CT molecular complexity index is 503. The molecule has 4 nitrogen and oxygen atoms in total. The third kappa shape index (κ3) is 4.40. The number of likely N-dealkylation sites (tertiary alicyclic amines) is 1. The molecular formula is C16H22F2N2O2. The van der Waals surface area contributed by atoms with Crippen molar-refractivity contribution < 1.29 is 18.3 Å². The molecule has 0 aliphatic carbocycles. The number of halogens is 2. The van der Waals surface area contributed by atoms with Gasteiger partial charge in [-0.25, -0.2) is 0 Å². The fraction of sp³-hybridized carbons (Fsp3) is 0.562. The summed E-state index contributed by atoms with van der Waals surface area (Å²) in [7, 11) is 0. The Morgan fingerprint density at radius 2 is 1.95 bits per heavy atom. The Labute approximate surface area is 129 Å². The van der Waals surface area contributed by atoms with E-state index in [0.717, 1.165) is 25.9 Å². The zero-order valence-corrected chi connectivity index (χ0v) is 12.9. The number of carbonyl (C=O) groups excluding carboxylic acids is 1. The van der Waals surface area contributed by atoms with E-state index >= 15 is 0 Å². The van der Waals surface area contributed by atoms with E-state index in [9.17, 15) is 13.6 Å². The van der Waals surface area contributed by atoms with Crippen LogP contribution in [0.3, 0.4) is 0 Å². The van der Waals surface area contributed by atoms with Crippen LogP contribution in [0.15, 0.2) is 24.3 Å². The Hall–Kier alpha value is -1.69. The van der Waals surface area contributed by atoms with Crippen molar-refractivity contribution in [3.05, 3.63) is 24.3 Å². The van der Waals surface area contributed by atoms with Crippen LogP contribution in [0.5, 0.6) is 5.75 Å². The van der Waals surface area contributed by atoms with Crippen molar-refractivity contribution in [2.45, 2.75) is 39.3 Å². The highest BCUT2D eigenvalue weighted by atomic mass is 19.3. The molecule has 22 heavy (non-hydrogen) atoms. The highest BCUT2D eigenvalue weighted by molar-refractivity contribution is 5.95. The Morgan fingerprint density at radius 1 is 1.32 bits per heavy atom. The van der Waals surface area contributed by atoms with Gasteiger partial charge in [-0.1, -0.05) is 19.1 Å². The van der Waals surface area contributed by atoms with Crippen LogP contribution in [0.2, 0.25) is 0 Å². The summed E-state index contributed by atoms with van der Waals surface area (Å²) in [5.74, 6) is 0.455. The first-order valence-electron chi connectivity index (χ1n) is 7.56. The highest BCUT2D eigenvalue weighted by Gasteiger charge is 2.25. The molecule has 1 fully saturated rings. The van der Waals surface area contributed by atoms with Gasteiger partial charge in [0.2, 0.25) is 5.91 Å². The summed E-state index contributed by atoms with van der Waals surface area (Å²) in [6.07, 6.45) is 2.14. The summed E-state index contributed by atoms with van der Waals surface area (Å²) in [5, 5.41) is 2.69.